The number of amides is 1. The van der Waals surface area contributed by atoms with Gasteiger partial charge in [-0.25, -0.2) is 13.2 Å². The third-order valence-corrected chi connectivity index (χ3v) is 5.18. The minimum Gasteiger partial charge on any atom is -0.492 e. The molecule has 0 radical (unpaired) electrons. The molecular formula is C20H24N2O6S. The Hall–Kier alpha value is -3.07. The number of carbonyl (C=O) groups is 2. The molecule has 0 aliphatic carbocycles. The fourth-order valence-corrected chi connectivity index (χ4v) is 3.50. The van der Waals surface area contributed by atoms with E-state index in [1.165, 1.54) is 13.2 Å². The number of rotatable bonds is 8. The van der Waals surface area contributed by atoms with Crippen LogP contribution in [0, 0.1) is 6.92 Å². The molecule has 156 valence electrons. The van der Waals surface area contributed by atoms with Crippen molar-refractivity contribution in [3.05, 3.63) is 53.6 Å². The minimum atomic E-state index is -3.76. The molecule has 2 aromatic carbocycles. The van der Waals surface area contributed by atoms with Gasteiger partial charge in [0.1, 0.15) is 12.3 Å². The van der Waals surface area contributed by atoms with E-state index in [1.54, 1.807) is 50.2 Å². The van der Waals surface area contributed by atoms with Gasteiger partial charge in [0.25, 0.3) is 0 Å². The lowest BCUT2D eigenvalue weighted by molar-refractivity contribution is -0.114. The maximum absolute atomic E-state index is 12.6. The first-order chi connectivity index (χ1) is 13.7. The Morgan fingerprint density at radius 3 is 2.45 bits per heavy atom. The number of sulfonamides is 1. The van der Waals surface area contributed by atoms with Gasteiger partial charge in [-0.1, -0.05) is 18.2 Å². The average molecular weight is 420 g/mol. The Morgan fingerprint density at radius 2 is 1.83 bits per heavy atom. The van der Waals surface area contributed by atoms with Gasteiger partial charge in [-0.15, -0.1) is 0 Å². The molecule has 0 bridgehead atoms. The second kappa shape index (κ2) is 9.42. The number of benzene rings is 2. The van der Waals surface area contributed by atoms with Crippen LogP contribution in [0.15, 0.2) is 42.5 Å². The van der Waals surface area contributed by atoms with Crippen LogP contribution in [-0.2, 0) is 19.6 Å². The molecule has 0 saturated carbocycles. The fourth-order valence-electron chi connectivity index (χ4n) is 2.64. The van der Waals surface area contributed by atoms with Gasteiger partial charge >= 0.3 is 5.97 Å². The van der Waals surface area contributed by atoms with Crippen LogP contribution < -0.4 is 14.4 Å². The van der Waals surface area contributed by atoms with Gasteiger partial charge in [-0.2, -0.15) is 0 Å². The number of esters is 1. The summed E-state index contributed by atoms with van der Waals surface area (Å²) >= 11 is 0. The maximum Gasteiger partial charge on any atom is 0.337 e. The highest BCUT2D eigenvalue weighted by atomic mass is 32.2. The SMILES string of the molecule is CCOc1ccccc1N(CC(=O)Nc1cc(C(=O)OC)ccc1C)S(C)(=O)=O. The summed E-state index contributed by atoms with van der Waals surface area (Å²) in [4.78, 5) is 24.4. The van der Waals surface area contributed by atoms with E-state index < -0.39 is 28.4 Å². The van der Waals surface area contributed by atoms with Crippen LogP contribution in [0.3, 0.4) is 0 Å². The smallest absolute Gasteiger partial charge is 0.337 e. The van der Waals surface area contributed by atoms with Crippen LogP contribution in [0.1, 0.15) is 22.8 Å². The van der Waals surface area contributed by atoms with E-state index in [9.17, 15) is 18.0 Å². The van der Waals surface area contributed by atoms with Gasteiger partial charge in [0.15, 0.2) is 0 Å². The molecule has 0 aromatic heterocycles. The van der Waals surface area contributed by atoms with Gasteiger partial charge in [-0.05, 0) is 43.7 Å². The summed E-state index contributed by atoms with van der Waals surface area (Å²) in [6, 6.07) is 11.3. The summed E-state index contributed by atoms with van der Waals surface area (Å²) in [5.74, 6) is -0.743. The number of ether oxygens (including phenoxy) is 2. The highest BCUT2D eigenvalue weighted by Crippen LogP contribution is 2.30. The highest BCUT2D eigenvalue weighted by molar-refractivity contribution is 7.92. The van der Waals surface area contributed by atoms with Gasteiger partial charge in [-0.3, -0.25) is 9.10 Å². The number of nitrogens with zero attached hydrogens (tertiary/aromatic N) is 1. The summed E-state index contributed by atoms with van der Waals surface area (Å²) in [5.41, 5.74) is 1.65. The van der Waals surface area contributed by atoms with E-state index in [-0.39, 0.29) is 11.3 Å². The number of nitrogens with one attached hydrogen (secondary N) is 1. The quantitative estimate of drug-likeness (QED) is 0.659. The molecule has 1 amide bonds. The summed E-state index contributed by atoms with van der Waals surface area (Å²) in [7, 11) is -2.50. The zero-order valence-electron chi connectivity index (χ0n) is 16.8. The molecule has 0 fully saturated rings. The number of para-hydroxylation sites is 2. The van der Waals surface area contributed by atoms with E-state index in [0.717, 1.165) is 10.6 Å². The van der Waals surface area contributed by atoms with Crippen molar-refractivity contribution in [3.63, 3.8) is 0 Å². The van der Waals surface area contributed by atoms with Gasteiger partial charge in [0.2, 0.25) is 15.9 Å². The van der Waals surface area contributed by atoms with Crippen molar-refractivity contribution >= 4 is 33.3 Å². The Morgan fingerprint density at radius 1 is 1.14 bits per heavy atom. The van der Waals surface area contributed by atoms with E-state index in [2.05, 4.69) is 10.1 Å². The van der Waals surface area contributed by atoms with E-state index >= 15 is 0 Å². The molecule has 9 heteroatoms. The molecule has 2 rings (SSSR count). The molecule has 8 nitrogen and oxygen atoms in total. The van der Waals surface area contributed by atoms with Gasteiger partial charge in [0, 0.05) is 5.69 Å². The fraction of sp³-hybridized carbons (Fsp3) is 0.300. The van der Waals surface area contributed by atoms with E-state index in [1.807, 2.05) is 0 Å². The standard InChI is InChI=1S/C20H24N2O6S/c1-5-28-18-9-7-6-8-17(18)22(29(4,25)26)13-19(23)21-16-12-15(20(24)27-3)11-10-14(16)2/h6-12H,5,13H2,1-4H3,(H,21,23). The number of aryl methyl sites for hydroxylation is 1. The molecule has 0 aliphatic rings. The number of anilines is 2. The predicted molar refractivity (Wildman–Crippen MR) is 111 cm³/mol. The largest absolute Gasteiger partial charge is 0.492 e. The first-order valence-electron chi connectivity index (χ1n) is 8.85. The first-order valence-corrected chi connectivity index (χ1v) is 10.7. The monoisotopic (exact) mass is 420 g/mol. The number of hydrogen-bond donors (Lipinski definition) is 1. The summed E-state index contributed by atoms with van der Waals surface area (Å²) in [5, 5.41) is 2.66. The maximum atomic E-state index is 12.6. The zero-order chi connectivity index (χ0) is 21.6. The molecule has 0 atom stereocenters. The lowest BCUT2D eigenvalue weighted by atomic mass is 10.1. The van der Waals surface area contributed by atoms with Crippen molar-refractivity contribution in [2.75, 3.05) is 36.1 Å². The molecule has 29 heavy (non-hydrogen) atoms. The summed E-state index contributed by atoms with van der Waals surface area (Å²) in [6.45, 7) is 3.44. The van der Waals surface area contributed by atoms with Crippen LogP contribution in [0.2, 0.25) is 0 Å². The van der Waals surface area contributed by atoms with Crippen molar-refractivity contribution < 1.29 is 27.5 Å². The molecule has 2 aromatic rings. The minimum absolute atomic E-state index is 0.270. The normalized spacial score (nSPS) is 10.9. The van der Waals surface area contributed by atoms with Crippen molar-refractivity contribution in [1.82, 2.24) is 0 Å². The van der Waals surface area contributed by atoms with Crippen molar-refractivity contribution in [3.8, 4) is 5.75 Å². The van der Waals surface area contributed by atoms with Crippen molar-refractivity contribution in [2.24, 2.45) is 0 Å². The van der Waals surface area contributed by atoms with Crippen molar-refractivity contribution in [1.29, 1.82) is 0 Å². The lowest BCUT2D eigenvalue weighted by Crippen LogP contribution is -2.37. The first kappa shape index (κ1) is 22.2. The van der Waals surface area contributed by atoms with E-state index in [4.69, 9.17) is 4.74 Å². The van der Waals surface area contributed by atoms with E-state index in [0.29, 0.717) is 23.6 Å². The van der Waals surface area contributed by atoms with Crippen LogP contribution in [0.25, 0.3) is 0 Å². The second-order valence-electron chi connectivity index (χ2n) is 6.24. The highest BCUT2D eigenvalue weighted by Gasteiger charge is 2.24. The zero-order valence-corrected chi connectivity index (χ0v) is 17.6. The molecule has 0 saturated heterocycles. The molecule has 0 unspecified atom stereocenters. The molecule has 0 heterocycles. The van der Waals surface area contributed by atoms with Crippen molar-refractivity contribution in [2.45, 2.75) is 13.8 Å². The number of methoxy groups -OCH3 is 1. The summed E-state index contributed by atoms with van der Waals surface area (Å²) in [6.07, 6.45) is 1.02. The summed E-state index contributed by atoms with van der Waals surface area (Å²) < 4.78 is 35.9. The Kier molecular flexibility index (Phi) is 7.22. The Bertz CT molecular complexity index is 1000. The number of carbonyl (C=O) groups excluding carboxylic acids is 2. The second-order valence-corrected chi connectivity index (χ2v) is 8.15. The van der Waals surface area contributed by atoms with Crippen LogP contribution in [0.4, 0.5) is 11.4 Å². The van der Waals surface area contributed by atoms with Gasteiger partial charge < -0.3 is 14.8 Å². The Balaban J connectivity index is 2.30. The third-order valence-electron chi connectivity index (χ3n) is 4.05. The topological polar surface area (TPSA) is 102 Å². The predicted octanol–water partition coefficient (Wildman–Crippen LogP) is 2.59. The molecule has 0 aliphatic heterocycles. The van der Waals surface area contributed by atoms with Crippen LogP contribution in [0.5, 0.6) is 5.75 Å². The Labute approximate surface area is 170 Å². The average Bonchev–Trinajstić information content (AvgIpc) is 2.67. The molecule has 1 N–H and O–H groups in total. The van der Waals surface area contributed by atoms with Gasteiger partial charge in [0.05, 0.1) is 31.2 Å². The lowest BCUT2D eigenvalue weighted by Gasteiger charge is -2.24. The van der Waals surface area contributed by atoms with Crippen LogP contribution in [-0.4, -0.2) is 46.8 Å². The third kappa shape index (κ3) is 5.71. The molecule has 0 spiro atoms. The van der Waals surface area contributed by atoms with Crippen LogP contribution >= 0.6 is 0 Å². The number of hydrogen-bond acceptors (Lipinski definition) is 6. The molecular weight excluding hydrogens is 396 g/mol.